The minimum Gasteiger partial charge on any atom is -0.507 e. The van der Waals surface area contributed by atoms with Crippen LogP contribution >= 0.6 is 0 Å². The summed E-state index contributed by atoms with van der Waals surface area (Å²) in [5.41, 5.74) is 2.84. The lowest BCUT2D eigenvalue weighted by atomic mass is 9.73. The lowest BCUT2D eigenvalue weighted by molar-refractivity contribution is -0.146. The second-order valence-electron chi connectivity index (χ2n) is 8.64. The Hall–Kier alpha value is -4.23. The van der Waals surface area contributed by atoms with Crippen LogP contribution < -0.4 is 5.43 Å². The van der Waals surface area contributed by atoms with Crippen LogP contribution in [0.1, 0.15) is 46.8 Å². The van der Waals surface area contributed by atoms with Gasteiger partial charge >= 0.3 is 0 Å². The molecule has 1 aliphatic carbocycles. The number of imide groups is 1. The maximum atomic E-state index is 13.5. The smallest absolute Gasteiger partial charge is 0.270 e. The van der Waals surface area contributed by atoms with Gasteiger partial charge in [-0.1, -0.05) is 68.0 Å². The van der Waals surface area contributed by atoms with E-state index in [0.717, 1.165) is 22.1 Å². The van der Waals surface area contributed by atoms with E-state index in [0.29, 0.717) is 28.7 Å². The number of carbonyl (C=O) groups is 2. The lowest BCUT2D eigenvalue weighted by Crippen LogP contribution is -2.56. The topological polar surface area (TPSA) is 102 Å². The van der Waals surface area contributed by atoms with E-state index in [4.69, 9.17) is 0 Å². The van der Waals surface area contributed by atoms with Gasteiger partial charge in [-0.05, 0) is 34.9 Å². The van der Waals surface area contributed by atoms with Crippen molar-refractivity contribution in [2.75, 3.05) is 6.54 Å². The van der Waals surface area contributed by atoms with Crippen molar-refractivity contribution in [3.8, 4) is 5.75 Å². The molecule has 3 aromatic carbocycles. The molecule has 0 saturated carbocycles. The van der Waals surface area contributed by atoms with Crippen LogP contribution in [0, 0.1) is 0 Å². The Bertz CT molecular complexity index is 1440. The highest BCUT2D eigenvalue weighted by Crippen LogP contribution is 2.44. The highest BCUT2D eigenvalue weighted by Gasteiger charge is 2.53. The van der Waals surface area contributed by atoms with Gasteiger partial charge in [0.1, 0.15) is 5.75 Å². The van der Waals surface area contributed by atoms with Crippen molar-refractivity contribution in [2.45, 2.75) is 25.4 Å². The average molecular weight is 468 g/mol. The van der Waals surface area contributed by atoms with Gasteiger partial charge < -0.3 is 10.2 Å². The zero-order valence-electron chi connectivity index (χ0n) is 19.2. The van der Waals surface area contributed by atoms with Crippen molar-refractivity contribution in [3.63, 3.8) is 0 Å². The van der Waals surface area contributed by atoms with Gasteiger partial charge in [0.15, 0.2) is 5.60 Å². The van der Waals surface area contributed by atoms with E-state index in [1.165, 1.54) is 12.4 Å². The summed E-state index contributed by atoms with van der Waals surface area (Å²) in [7, 11) is 0. The van der Waals surface area contributed by atoms with Crippen molar-refractivity contribution >= 4 is 34.9 Å². The van der Waals surface area contributed by atoms with Gasteiger partial charge in [0.2, 0.25) is 0 Å². The number of phenols is 1. The van der Waals surface area contributed by atoms with Gasteiger partial charge in [0.05, 0.1) is 6.21 Å². The number of benzene rings is 3. The molecule has 0 aromatic heterocycles. The van der Waals surface area contributed by atoms with Crippen molar-refractivity contribution in [1.82, 2.24) is 10.3 Å². The molecule has 0 bridgehead atoms. The van der Waals surface area contributed by atoms with E-state index in [9.17, 15) is 19.8 Å². The van der Waals surface area contributed by atoms with Gasteiger partial charge in [0, 0.05) is 35.0 Å². The second kappa shape index (κ2) is 8.85. The van der Waals surface area contributed by atoms with E-state index in [-0.39, 0.29) is 17.9 Å². The van der Waals surface area contributed by atoms with Crippen LogP contribution in [0.2, 0.25) is 0 Å². The molecule has 5 rings (SSSR count). The number of aromatic hydroxyl groups is 1. The van der Waals surface area contributed by atoms with E-state index in [1.807, 2.05) is 37.3 Å². The molecule has 0 spiro atoms. The first kappa shape index (κ1) is 22.6. The summed E-state index contributed by atoms with van der Waals surface area (Å²) in [5, 5.41) is 28.1. The number of fused-ring (bicyclic) bond motifs is 1. The maximum absolute atomic E-state index is 13.5. The van der Waals surface area contributed by atoms with Crippen LogP contribution in [0.25, 0.3) is 16.8 Å². The summed E-state index contributed by atoms with van der Waals surface area (Å²) in [6, 6.07) is 16.2. The van der Waals surface area contributed by atoms with Gasteiger partial charge in [-0.2, -0.15) is 5.10 Å². The highest BCUT2D eigenvalue weighted by atomic mass is 16.3. The number of phenolic OH excluding ortho intramolecular Hbond substituents is 1. The van der Waals surface area contributed by atoms with Gasteiger partial charge in [-0.3, -0.25) is 19.9 Å². The standard InChI is InChI=1S/C28H25N3O4/c1-2-3-15-31-26(33)22-10-6-8-19-11-13-20(28(35,25(19)22)27(31)34)16-29-30-17-23-21-9-5-4-7-18(21)12-14-24(23)32/h4-14,16-17,29,32,35H,2-3,15H2,1H3. The second-order valence-corrected chi connectivity index (χ2v) is 8.64. The van der Waals surface area contributed by atoms with Crippen LogP contribution in [0.5, 0.6) is 5.75 Å². The Kier molecular flexibility index (Phi) is 5.70. The number of nitrogens with one attached hydrogen (secondary N) is 1. The van der Waals surface area contributed by atoms with Crippen LogP contribution in [0.3, 0.4) is 0 Å². The summed E-state index contributed by atoms with van der Waals surface area (Å²) >= 11 is 0. The summed E-state index contributed by atoms with van der Waals surface area (Å²) < 4.78 is 0. The van der Waals surface area contributed by atoms with Crippen molar-refractivity contribution in [2.24, 2.45) is 5.10 Å². The maximum Gasteiger partial charge on any atom is 0.270 e. The molecule has 7 heteroatoms. The number of amides is 2. The number of unbranched alkanes of at least 4 members (excludes halogenated alkanes) is 1. The summed E-state index contributed by atoms with van der Waals surface area (Å²) in [6.45, 7) is 2.22. The van der Waals surface area contributed by atoms with E-state index < -0.39 is 17.4 Å². The zero-order chi connectivity index (χ0) is 24.6. The van der Waals surface area contributed by atoms with Crippen LogP contribution in [0.15, 0.2) is 77.5 Å². The highest BCUT2D eigenvalue weighted by molar-refractivity contribution is 6.15. The fourth-order valence-corrected chi connectivity index (χ4v) is 4.70. The molecule has 2 amide bonds. The largest absolute Gasteiger partial charge is 0.507 e. The predicted molar refractivity (Wildman–Crippen MR) is 135 cm³/mol. The minimum absolute atomic E-state index is 0.0872. The molecule has 1 unspecified atom stereocenters. The van der Waals surface area contributed by atoms with Gasteiger partial charge in [-0.25, -0.2) is 0 Å². The number of aliphatic hydroxyl groups is 1. The molecule has 176 valence electrons. The minimum atomic E-state index is -2.01. The zero-order valence-corrected chi connectivity index (χ0v) is 19.2. The Morgan fingerprint density at radius 1 is 1.06 bits per heavy atom. The van der Waals surface area contributed by atoms with Crippen molar-refractivity contribution < 1.29 is 19.8 Å². The Morgan fingerprint density at radius 2 is 1.89 bits per heavy atom. The molecule has 0 fully saturated rings. The van der Waals surface area contributed by atoms with Gasteiger partial charge in [0.25, 0.3) is 11.8 Å². The van der Waals surface area contributed by atoms with Crippen molar-refractivity contribution in [1.29, 1.82) is 0 Å². The number of nitrogens with zero attached hydrogens (tertiary/aromatic N) is 2. The van der Waals surface area contributed by atoms with Gasteiger partial charge in [-0.15, -0.1) is 0 Å². The molecule has 0 radical (unpaired) electrons. The molecule has 3 aromatic rings. The van der Waals surface area contributed by atoms with E-state index >= 15 is 0 Å². The van der Waals surface area contributed by atoms with E-state index in [2.05, 4.69) is 10.5 Å². The van der Waals surface area contributed by atoms with Crippen LogP contribution in [0.4, 0.5) is 0 Å². The first-order chi connectivity index (χ1) is 17.0. The predicted octanol–water partition coefficient (Wildman–Crippen LogP) is 4.05. The molecule has 1 heterocycles. The van der Waals surface area contributed by atoms with Crippen LogP contribution in [-0.2, 0) is 10.4 Å². The first-order valence-electron chi connectivity index (χ1n) is 11.6. The molecule has 1 atom stereocenters. The number of hydrogen-bond acceptors (Lipinski definition) is 6. The molecule has 3 N–H and O–H groups in total. The number of hydrazone groups is 1. The molecular weight excluding hydrogens is 442 g/mol. The summed E-state index contributed by atoms with van der Waals surface area (Å²) in [4.78, 5) is 27.7. The molecule has 7 nitrogen and oxygen atoms in total. The Balaban J connectivity index is 1.51. The third-order valence-corrected chi connectivity index (χ3v) is 6.52. The number of rotatable bonds is 6. The molecular formula is C28H25N3O4. The third kappa shape index (κ3) is 3.61. The SMILES string of the molecule is CCCCN1C(=O)c2cccc3c2C(O)(C1=O)C(=CNN=Cc1c(O)ccc2ccccc12)C=C3. The lowest BCUT2D eigenvalue weighted by Gasteiger charge is -2.41. The Morgan fingerprint density at radius 3 is 2.71 bits per heavy atom. The normalized spacial score (nSPS) is 20.2. The molecule has 35 heavy (non-hydrogen) atoms. The number of carbonyl (C=O) groups excluding carboxylic acids is 2. The molecule has 2 aliphatic rings. The van der Waals surface area contributed by atoms with Crippen molar-refractivity contribution in [3.05, 3.63) is 94.7 Å². The molecule has 1 aliphatic heterocycles. The number of hydrogen-bond donors (Lipinski definition) is 3. The fraction of sp³-hybridized carbons (Fsp3) is 0.179. The van der Waals surface area contributed by atoms with Crippen LogP contribution in [-0.4, -0.2) is 39.7 Å². The quantitative estimate of drug-likeness (QED) is 0.288. The molecule has 0 saturated heterocycles. The Labute approximate surface area is 202 Å². The third-order valence-electron chi connectivity index (χ3n) is 6.52. The van der Waals surface area contributed by atoms with E-state index in [1.54, 1.807) is 36.4 Å². The summed E-state index contributed by atoms with van der Waals surface area (Å²) in [6.07, 6.45) is 7.81. The monoisotopic (exact) mass is 467 g/mol. The first-order valence-corrected chi connectivity index (χ1v) is 11.6. The summed E-state index contributed by atoms with van der Waals surface area (Å²) in [5.74, 6) is -0.967. The average Bonchev–Trinajstić information content (AvgIpc) is 2.87. The fourth-order valence-electron chi connectivity index (χ4n) is 4.70.